The highest BCUT2D eigenvalue weighted by Crippen LogP contribution is 2.29. The van der Waals surface area contributed by atoms with Crippen LogP contribution in [0, 0.1) is 11.3 Å². The van der Waals surface area contributed by atoms with E-state index in [-0.39, 0.29) is 11.4 Å². The topological polar surface area (TPSA) is 93.8 Å². The van der Waals surface area contributed by atoms with E-state index in [0.717, 1.165) is 6.26 Å². The zero-order valence-electron chi connectivity index (χ0n) is 13.2. The second-order valence-corrected chi connectivity index (χ2v) is 8.18. The molecule has 3 rings (SSSR count). The Morgan fingerprint density at radius 1 is 1.20 bits per heavy atom. The predicted octanol–water partition coefficient (Wildman–Crippen LogP) is 2.22. The van der Waals surface area contributed by atoms with Gasteiger partial charge in [0.15, 0.2) is 9.84 Å². The minimum absolute atomic E-state index is 0.0334. The first-order valence-electron chi connectivity index (χ1n) is 7.29. The van der Waals surface area contributed by atoms with E-state index in [1.807, 2.05) is 0 Å². The standard InChI is InChI=1S/C17H14ClN3O3S/c1-25(23,24)15-8-2-12(3-9-15)16-20-17(22,10-19)11-21(16)14-6-4-13(18)5-7-14/h2-9,22H,11H2,1H3. The molecule has 0 saturated heterocycles. The quantitative estimate of drug-likeness (QED) is 0.830. The molecular formula is C17H14ClN3O3S. The van der Waals surface area contributed by atoms with Crippen LogP contribution in [0.5, 0.6) is 0 Å². The Morgan fingerprint density at radius 2 is 1.80 bits per heavy atom. The number of benzene rings is 2. The maximum Gasteiger partial charge on any atom is 0.265 e. The van der Waals surface area contributed by atoms with Crippen LogP contribution in [-0.2, 0) is 9.84 Å². The lowest BCUT2D eigenvalue weighted by molar-refractivity contribution is 0.127. The Labute approximate surface area is 150 Å². The molecule has 0 saturated carbocycles. The van der Waals surface area contributed by atoms with Crippen molar-refractivity contribution in [3.05, 3.63) is 59.1 Å². The van der Waals surface area contributed by atoms with Crippen molar-refractivity contribution >= 4 is 33.0 Å². The molecule has 1 aliphatic heterocycles. The summed E-state index contributed by atoms with van der Waals surface area (Å²) in [6.45, 7) is -0.0334. The molecule has 128 valence electrons. The molecule has 1 unspecified atom stereocenters. The average Bonchev–Trinajstić information content (AvgIpc) is 2.94. The van der Waals surface area contributed by atoms with Crippen LogP contribution >= 0.6 is 11.6 Å². The molecule has 0 fully saturated rings. The van der Waals surface area contributed by atoms with Gasteiger partial charge >= 0.3 is 0 Å². The van der Waals surface area contributed by atoms with E-state index in [1.165, 1.54) is 12.1 Å². The highest BCUT2D eigenvalue weighted by Gasteiger charge is 2.39. The molecular weight excluding hydrogens is 362 g/mol. The van der Waals surface area contributed by atoms with Gasteiger partial charge in [-0.15, -0.1) is 0 Å². The summed E-state index contributed by atoms with van der Waals surface area (Å²) >= 11 is 5.91. The number of β-amino-alcohol motifs (C(OH)–C–C–N with tert-alkyl or cyclic N) is 1. The molecule has 2 aromatic carbocycles. The van der Waals surface area contributed by atoms with Crippen LogP contribution in [0.3, 0.4) is 0 Å². The monoisotopic (exact) mass is 375 g/mol. The fraction of sp³-hybridized carbons (Fsp3) is 0.176. The first-order chi connectivity index (χ1) is 11.7. The zero-order chi connectivity index (χ0) is 18.2. The van der Waals surface area contributed by atoms with Crippen LogP contribution in [0.4, 0.5) is 5.69 Å². The Bertz CT molecular complexity index is 979. The maximum absolute atomic E-state index is 11.6. The molecule has 0 amide bonds. The number of aliphatic imine (C=N–C) groups is 1. The molecule has 1 heterocycles. The lowest BCUT2D eigenvalue weighted by Crippen LogP contribution is -2.35. The van der Waals surface area contributed by atoms with Gasteiger partial charge in [-0.1, -0.05) is 11.6 Å². The van der Waals surface area contributed by atoms with Gasteiger partial charge in [0, 0.05) is 22.5 Å². The Kier molecular flexibility index (Phi) is 4.29. The molecule has 0 radical (unpaired) electrons. The number of aliphatic hydroxyl groups is 1. The lowest BCUT2D eigenvalue weighted by atomic mass is 10.1. The highest BCUT2D eigenvalue weighted by atomic mass is 35.5. The molecule has 0 aliphatic carbocycles. The van der Waals surface area contributed by atoms with E-state index in [1.54, 1.807) is 47.4 Å². The second-order valence-electron chi connectivity index (χ2n) is 5.72. The van der Waals surface area contributed by atoms with E-state index >= 15 is 0 Å². The molecule has 0 bridgehead atoms. The molecule has 0 spiro atoms. The van der Waals surface area contributed by atoms with Crippen molar-refractivity contribution in [2.45, 2.75) is 10.6 Å². The lowest BCUT2D eigenvalue weighted by Gasteiger charge is -2.21. The fourth-order valence-corrected chi connectivity index (χ4v) is 3.29. The van der Waals surface area contributed by atoms with Crippen molar-refractivity contribution in [3.8, 4) is 6.07 Å². The van der Waals surface area contributed by atoms with Crippen LogP contribution in [0.1, 0.15) is 5.56 Å². The van der Waals surface area contributed by atoms with E-state index in [9.17, 15) is 18.8 Å². The minimum Gasteiger partial charge on any atom is -0.356 e. The third-order valence-corrected chi connectivity index (χ3v) is 5.16. The van der Waals surface area contributed by atoms with Gasteiger partial charge in [-0.3, -0.25) is 0 Å². The van der Waals surface area contributed by atoms with E-state index < -0.39 is 15.6 Å². The van der Waals surface area contributed by atoms with Crippen LogP contribution in [0.25, 0.3) is 0 Å². The number of hydrogen-bond donors (Lipinski definition) is 1. The highest BCUT2D eigenvalue weighted by molar-refractivity contribution is 7.90. The van der Waals surface area contributed by atoms with Crippen molar-refractivity contribution in [3.63, 3.8) is 0 Å². The number of amidine groups is 1. The van der Waals surface area contributed by atoms with Gasteiger partial charge in [-0.25, -0.2) is 13.4 Å². The van der Waals surface area contributed by atoms with Gasteiger partial charge in [0.05, 0.1) is 11.4 Å². The average molecular weight is 376 g/mol. The van der Waals surface area contributed by atoms with Crippen molar-refractivity contribution < 1.29 is 13.5 Å². The van der Waals surface area contributed by atoms with Crippen molar-refractivity contribution in [2.75, 3.05) is 17.7 Å². The number of nitriles is 1. The predicted molar refractivity (Wildman–Crippen MR) is 95.4 cm³/mol. The van der Waals surface area contributed by atoms with Crippen LogP contribution in [0.15, 0.2) is 58.4 Å². The Morgan fingerprint density at radius 3 is 2.32 bits per heavy atom. The Hall–Kier alpha value is -2.40. The zero-order valence-corrected chi connectivity index (χ0v) is 14.8. The summed E-state index contributed by atoms with van der Waals surface area (Å²) in [6.07, 6.45) is 1.13. The smallest absolute Gasteiger partial charge is 0.265 e. The summed E-state index contributed by atoms with van der Waals surface area (Å²) in [5, 5.41) is 20.1. The largest absolute Gasteiger partial charge is 0.356 e. The van der Waals surface area contributed by atoms with Gasteiger partial charge in [0.25, 0.3) is 5.72 Å². The van der Waals surface area contributed by atoms with E-state index in [2.05, 4.69) is 4.99 Å². The summed E-state index contributed by atoms with van der Waals surface area (Å²) in [5.74, 6) is 0.381. The number of nitrogens with zero attached hydrogens (tertiary/aromatic N) is 3. The van der Waals surface area contributed by atoms with Crippen LogP contribution < -0.4 is 4.90 Å². The molecule has 6 nitrogen and oxygen atoms in total. The molecule has 0 aromatic heterocycles. The minimum atomic E-state index is -3.31. The third kappa shape index (κ3) is 3.51. The van der Waals surface area contributed by atoms with Gasteiger partial charge in [0.2, 0.25) is 0 Å². The van der Waals surface area contributed by atoms with Gasteiger partial charge < -0.3 is 10.0 Å². The Balaban J connectivity index is 2.05. The molecule has 25 heavy (non-hydrogen) atoms. The van der Waals surface area contributed by atoms with Crippen molar-refractivity contribution in [1.29, 1.82) is 5.26 Å². The van der Waals surface area contributed by atoms with Crippen LogP contribution in [-0.4, -0.2) is 37.9 Å². The summed E-state index contributed by atoms with van der Waals surface area (Å²) in [6, 6.07) is 14.8. The normalized spacial score (nSPS) is 20.2. The third-order valence-electron chi connectivity index (χ3n) is 3.78. The molecule has 1 atom stereocenters. The van der Waals surface area contributed by atoms with Crippen molar-refractivity contribution in [1.82, 2.24) is 0 Å². The van der Waals surface area contributed by atoms with Crippen LogP contribution in [0.2, 0.25) is 5.02 Å². The van der Waals surface area contributed by atoms with Gasteiger partial charge in [-0.05, 0) is 48.5 Å². The van der Waals surface area contributed by atoms with Crippen molar-refractivity contribution in [2.24, 2.45) is 4.99 Å². The van der Waals surface area contributed by atoms with E-state index in [4.69, 9.17) is 11.6 Å². The summed E-state index contributed by atoms with van der Waals surface area (Å²) in [5.41, 5.74) is -0.570. The maximum atomic E-state index is 11.6. The van der Waals surface area contributed by atoms with Gasteiger partial charge in [-0.2, -0.15) is 5.26 Å². The molecule has 1 N–H and O–H groups in total. The summed E-state index contributed by atoms with van der Waals surface area (Å²) in [7, 11) is -3.31. The van der Waals surface area contributed by atoms with Gasteiger partial charge in [0.1, 0.15) is 11.9 Å². The number of sulfone groups is 1. The van der Waals surface area contributed by atoms with E-state index in [0.29, 0.717) is 22.1 Å². The summed E-state index contributed by atoms with van der Waals surface area (Å²) in [4.78, 5) is 6.01. The summed E-state index contributed by atoms with van der Waals surface area (Å²) < 4.78 is 23.2. The first-order valence-corrected chi connectivity index (χ1v) is 9.56. The second kappa shape index (κ2) is 6.15. The first kappa shape index (κ1) is 17.4. The molecule has 8 heteroatoms. The number of halogens is 1. The SMILES string of the molecule is CS(=O)(=O)c1ccc(C2=NC(O)(C#N)CN2c2ccc(Cl)cc2)cc1. The number of rotatable bonds is 3. The number of hydrogen-bond acceptors (Lipinski definition) is 6. The number of anilines is 1. The molecule has 2 aromatic rings. The fourth-order valence-electron chi connectivity index (χ4n) is 2.53. The molecule has 1 aliphatic rings.